The van der Waals surface area contributed by atoms with E-state index in [0.29, 0.717) is 5.75 Å². The zero-order valence-electron chi connectivity index (χ0n) is 11.1. The molecule has 0 aliphatic heterocycles. The zero-order chi connectivity index (χ0) is 13.6. The summed E-state index contributed by atoms with van der Waals surface area (Å²) in [6, 6.07) is 0. The number of carbonyl (C=O) groups is 1. The maximum atomic E-state index is 10.9. The maximum absolute atomic E-state index is 10.9. The topological polar surface area (TPSA) is 41.1 Å². The minimum atomic E-state index is 0.0221. The molecular formula is C13H26N2OS2. The summed E-state index contributed by atoms with van der Waals surface area (Å²) in [5.74, 6) is 1.01. The fraction of sp³-hybridized carbons (Fsp3) is 0.769. The van der Waals surface area contributed by atoms with Crippen LogP contribution in [-0.2, 0) is 4.79 Å². The van der Waals surface area contributed by atoms with Gasteiger partial charge in [0.25, 0.3) is 0 Å². The Labute approximate surface area is 122 Å². The van der Waals surface area contributed by atoms with E-state index in [0.717, 1.165) is 25.2 Å². The lowest BCUT2D eigenvalue weighted by atomic mass is 10.1. The third kappa shape index (κ3) is 12.2. The van der Waals surface area contributed by atoms with Crippen molar-refractivity contribution in [2.45, 2.75) is 38.5 Å². The van der Waals surface area contributed by atoms with Crippen molar-refractivity contribution >= 4 is 31.2 Å². The van der Waals surface area contributed by atoms with Crippen LogP contribution in [0, 0.1) is 0 Å². The van der Waals surface area contributed by atoms with Crippen molar-refractivity contribution in [3.05, 3.63) is 12.3 Å². The second kappa shape index (κ2) is 13.1. The molecule has 106 valence electrons. The molecule has 2 N–H and O–H groups in total. The lowest BCUT2D eigenvalue weighted by Gasteiger charge is -2.06. The quantitative estimate of drug-likeness (QED) is 0.329. The van der Waals surface area contributed by atoms with E-state index >= 15 is 0 Å². The van der Waals surface area contributed by atoms with Crippen molar-refractivity contribution in [2.24, 2.45) is 0 Å². The van der Waals surface area contributed by atoms with Crippen molar-refractivity contribution in [2.75, 3.05) is 24.6 Å². The van der Waals surface area contributed by atoms with Gasteiger partial charge in [0, 0.05) is 24.5 Å². The Hall–Kier alpha value is -0.290. The van der Waals surface area contributed by atoms with Crippen LogP contribution in [0.1, 0.15) is 38.5 Å². The third-order valence-corrected chi connectivity index (χ3v) is 3.30. The van der Waals surface area contributed by atoms with E-state index in [2.05, 4.69) is 42.5 Å². The first-order valence-electron chi connectivity index (χ1n) is 6.60. The standard InChI is InChI=1S/C13H26N2OS2/c1-12(10-17)14-8-6-4-2-3-5-7-9-15-13(16)11-18/h14,17-18H,1-11H2,(H,15,16). The lowest BCUT2D eigenvalue weighted by molar-refractivity contribution is -0.118. The Morgan fingerprint density at radius 1 is 0.833 bits per heavy atom. The molecule has 5 heteroatoms. The molecule has 0 bridgehead atoms. The lowest BCUT2D eigenvalue weighted by Crippen LogP contribution is -2.25. The number of carbonyl (C=O) groups excluding carboxylic acids is 1. The number of hydrogen-bond donors (Lipinski definition) is 4. The first kappa shape index (κ1) is 17.7. The van der Waals surface area contributed by atoms with Crippen LogP contribution >= 0.6 is 25.3 Å². The molecule has 0 aliphatic rings. The summed E-state index contributed by atoms with van der Waals surface area (Å²) in [4.78, 5) is 10.9. The Morgan fingerprint density at radius 2 is 1.33 bits per heavy atom. The van der Waals surface area contributed by atoms with Gasteiger partial charge < -0.3 is 10.6 Å². The van der Waals surface area contributed by atoms with Crippen LogP contribution in [-0.4, -0.2) is 30.5 Å². The molecule has 0 aliphatic carbocycles. The van der Waals surface area contributed by atoms with Crippen LogP contribution in [0.25, 0.3) is 0 Å². The molecule has 0 aromatic heterocycles. The fourth-order valence-electron chi connectivity index (χ4n) is 1.56. The molecule has 0 fully saturated rings. The average molecular weight is 290 g/mol. The van der Waals surface area contributed by atoms with Crippen LogP contribution < -0.4 is 10.6 Å². The highest BCUT2D eigenvalue weighted by molar-refractivity contribution is 7.81. The normalized spacial score (nSPS) is 10.1. The molecule has 0 heterocycles. The van der Waals surface area contributed by atoms with Gasteiger partial charge in [0.2, 0.25) is 5.91 Å². The number of amides is 1. The van der Waals surface area contributed by atoms with Gasteiger partial charge in [0.05, 0.1) is 5.75 Å². The van der Waals surface area contributed by atoms with Crippen LogP contribution in [0.5, 0.6) is 0 Å². The van der Waals surface area contributed by atoms with E-state index in [4.69, 9.17) is 0 Å². The van der Waals surface area contributed by atoms with Crippen molar-refractivity contribution in [3.8, 4) is 0 Å². The van der Waals surface area contributed by atoms with Gasteiger partial charge in [-0.25, -0.2) is 0 Å². The summed E-state index contributed by atoms with van der Waals surface area (Å²) in [7, 11) is 0. The predicted molar refractivity (Wildman–Crippen MR) is 85.6 cm³/mol. The second-order valence-electron chi connectivity index (χ2n) is 4.32. The van der Waals surface area contributed by atoms with Crippen LogP contribution in [0.2, 0.25) is 0 Å². The highest BCUT2D eigenvalue weighted by Gasteiger charge is 1.96. The Kier molecular flexibility index (Phi) is 12.9. The summed E-state index contributed by atoms with van der Waals surface area (Å²) in [5.41, 5.74) is 0.998. The van der Waals surface area contributed by atoms with Gasteiger partial charge in [-0.15, -0.1) is 0 Å². The Balaban J connectivity index is 3.07. The fourth-order valence-corrected chi connectivity index (χ4v) is 1.79. The van der Waals surface area contributed by atoms with Gasteiger partial charge in [0.15, 0.2) is 0 Å². The summed E-state index contributed by atoms with van der Waals surface area (Å²) in [6.45, 7) is 5.61. The summed E-state index contributed by atoms with van der Waals surface area (Å²) < 4.78 is 0. The molecule has 0 aromatic carbocycles. The minimum Gasteiger partial charge on any atom is -0.388 e. The summed E-state index contributed by atoms with van der Waals surface area (Å²) in [6.07, 6.45) is 7.18. The number of thiol groups is 2. The number of rotatable bonds is 12. The van der Waals surface area contributed by atoms with E-state index in [1.165, 1.54) is 32.1 Å². The molecule has 0 unspecified atom stereocenters. The highest BCUT2D eigenvalue weighted by atomic mass is 32.1. The molecule has 3 nitrogen and oxygen atoms in total. The van der Waals surface area contributed by atoms with E-state index in [1.54, 1.807) is 0 Å². The largest absolute Gasteiger partial charge is 0.388 e. The van der Waals surface area contributed by atoms with Crippen LogP contribution in [0.4, 0.5) is 0 Å². The molecule has 0 spiro atoms. The number of unbranched alkanes of at least 4 members (excludes halogenated alkanes) is 5. The molecule has 1 amide bonds. The van der Waals surface area contributed by atoms with Crippen molar-refractivity contribution < 1.29 is 4.79 Å². The highest BCUT2D eigenvalue weighted by Crippen LogP contribution is 2.04. The molecule has 0 atom stereocenters. The molecule has 0 saturated heterocycles. The van der Waals surface area contributed by atoms with Gasteiger partial charge >= 0.3 is 0 Å². The third-order valence-electron chi connectivity index (χ3n) is 2.64. The molecule has 0 radical (unpaired) electrons. The first-order valence-corrected chi connectivity index (χ1v) is 7.87. The van der Waals surface area contributed by atoms with E-state index in [1.807, 2.05) is 0 Å². The van der Waals surface area contributed by atoms with Gasteiger partial charge in [-0.3, -0.25) is 4.79 Å². The molecule has 18 heavy (non-hydrogen) atoms. The maximum Gasteiger partial charge on any atom is 0.229 e. The molecular weight excluding hydrogens is 264 g/mol. The first-order chi connectivity index (χ1) is 8.70. The van der Waals surface area contributed by atoms with Crippen LogP contribution in [0.15, 0.2) is 12.3 Å². The Bertz CT molecular complexity index is 211. The number of hydrogen-bond acceptors (Lipinski definition) is 4. The monoisotopic (exact) mass is 290 g/mol. The van der Waals surface area contributed by atoms with E-state index in [9.17, 15) is 4.79 Å². The second-order valence-corrected chi connectivity index (χ2v) is 4.95. The minimum absolute atomic E-state index is 0.0221. The molecule has 0 saturated carbocycles. The SMILES string of the molecule is C=C(CS)NCCCCCCCCNC(=O)CS. The van der Waals surface area contributed by atoms with Gasteiger partial charge in [-0.1, -0.05) is 32.3 Å². The van der Waals surface area contributed by atoms with Crippen LogP contribution in [0.3, 0.4) is 0 Å². The Morgan fingerprint density at radius 3 is 1.83 bits per heavy atom. The summed E-state index contributed by atoms with van der Waals surface area (Å²) >= 11 is 8.03. The van der Waals surface area contributed by atoms with Crippen molar-refractivity contribution in [3.63, 3.8) is 0 Å². The van der Waals surface area contributed by atoms with Gasteiger partial charge in [-0.05, 0) is 12.8 Å². The number of nitrogens with one attached hydrogen (secondary N) is 2. The summed E-state index contributed by atoms with van der Waals surface area (Å²) in [5, 5.41) is 6.06. The smallest absolute Gasteiger partial charge is 0.229 e. The predicted octanol–water partition coefficient (Wildman–Crippen LogP) is 2.41. The molecule has 0 aromatic rings. The van der Waals surface area contributed by atoms with E-state index in [-0.39, 0.29) is 11.7 Å². The van der Waals surface area contributed by atoms with Crippen molar-refractivity contribution in [1.82, 2.24) is 10.6 Å². The average Bonchev–Trinajstić information content (AvgIpc) is 2.40. The van der Waals surface area contributed by atoms with Crippen molar-refractivity contribution in [1.29, 1.82) is 0 Å². The van der Waals surface area contributed by atoms with Gasteiger partial charge in [-0.2, -0.15) is 25.3 Å². The zero-order valence-corrected chi connectivity index (χ0v) is 12.9. The van der Waals surface area contributed by atoms with E-state index < -0.39 is 0 Å². The van der Waals surface area contributed by atoms with Gasteiger partial charge in [0.1, 0.15) is 0 Å². The molecule has 0 rings (SSSR count).